The van der Waals surface area contributed by atoms with Crippen molar-refractivity contribution < 1.29 is 5.11 Å². The number of phenolic OH excluding ortho intramolecular Hbond substituents is 1. The summed E-state index contributed by atoms with van der Waals surface area (Å²) in [6, 6.07) is 19.6. The van der Waals surface area contributed by atoms with Crippen LogP contribution in [0.1, 0.15) is 11.1 Å². The molecule has 0 aromatic heterocycles. The predicted molar refractivity (Wildman–Crippen MR) is 85.0 cm³/mol. The summed E-state index contributed by atoms with van der Waals surface area (Å²) in [7, 11) is 0. The number of hydrogen-bond donors (Lipinski definition) is 1. The molecule has 3 heteroatoms. The summed E-state index contributed by atoms with van der Waals surface area (Å²) in [5.41, 5.74) is 2.85. The first-order chi connectivity index (χ1) is 10.2. The van der Waals surface area contributed by atoms with E-state index in [9.17, 15) is 5.11 Å². The Hall–Kier alpha value is -2.68. The zero-order valence-corrected chi connectivity index (χ0v) is 11.8. The summed E-state index contributed by atoms with van der Waals surface area (Å²) in [4.78, 5) is 0. The van der Waals surface area contributed by atoms with Crippen molar-refractivity contribution in [3.8, 4) is 5.75 Å². The Balaban J connectivity index is 1.89. The number of nitrogens with zero attached hydrogens (tertiary/aromatic N) is 2. The molecule has 0 unspecified atom stereocenters. The van der Waals surface area contributed by atoms with E-state index in [0.29, 0.717) is 12.2 Å². The van der Waals surface area contributed by atoms with Gasteiger partial charge in [-0.25, -0.2) is 0 Å². The fourth-order valence-electron chi connectivity index (χ4n) is 2.23. The van der Waals surface area contributed by atoms with Gasteiger partial charge in [0.1, 0.15) is 11.4 Å². The number of rotatable bonds is 3. The molecule has 0 spiro atoms. The van der Waals surface area contributed by atoms with Crippen LogP contribution in [0.25, 0.3) is 10.8 Å². The maximum absolute atomic E-state index is 9.99. The van der Waals surface area contributed by atoms with E-state index in [2.05, 4.69) is 29.3 Å². The molecule has 0 aliphatic heterocycles. The van der Waals surface area contributed by atoms with Gasteiger partial charge in [0.15, 0.2) is 0 Å². The van der Waals surface area contributed by atoms with Gasteiger partial charge >= 0.3 is 0 Å². The summed E-state index contributed by atoms with van der Waals surface area (Å²) in [6.07, 6.45) is 0. The number of hydrogen-bond acceptors (Lipinski definition) is 3. The van der Waals surface area contributed by atoms with Crippen molar-refractivity contribution in [1.82, 2.24) is 0 Å². The quantitative estimate of drug-likeness (QED) is 0.661. The van der Waals surface area contributed by atoms with E-state index < -0.39 is 0 Å². The van der Waals surface area contributed by atoms with Crippen molar-refractivity contribution in [3.63, 3.8) is 0 Å². The standard InChI is InChI=1S/C18H16N2O/c1-13-6-8-14(9-7-13)12-19-20-18-16-5-3-2-4-15(16)10-11-17(18)21/h2-11,21H,12H2,1H3. The van der Waals surface area contributed by atoms with Crippen molar-refractivity contribution in [2.75, 3.05) is 0 Å². The predicted octanol–water partition coefficient (Wildman–Crippen LogP) is 5.14. The van der Waals surface area contributed by atoms with Crippen LogP contribution in [0, 0.1) is 6.92 Å². The Kier molecular flexibility index (Phi) is 3.65. The Morgan fingerprint density at radius 2 is 1.67 bits per heavy atom. The topological polar surface area (TPSA) is 45.0 Å². The van der Waals surface area contributed by atoms with Gasteiger partial charge in [0.25, 0.3) is 0 Å². The molecule has 1 N–H and O–H groups in total. The minimum Gasteiger partial charge on any atom is -0.506 e. The zero-order chi connectivity index (χ0) is 14.7. The van der Waals surface area contributed by atoms with Gasteiger partial charge in [-0.1, -0.05) is 60.2 Å². The minimum atomic E-state index is 0.154. The van der Waals surface area contributed by atoms with Crippen LogP contribution in [0.5, 0.6) is 5.75 Å². The van der Waals surface area contributed by atoms with E-state index in [1.807, 2.05) is 42.5 Å². The van der Waals surface area contributed by atoms with Crippen molar-refractivity contribution in [2.45, 2.75) is 13.5 Å². The van der Waals surface area contributed by atoms with Crippen LogP contribution in [-0.4, -0.2) is 5.11 Å². The summed E-state index contributed by atoms with van der Waals surface area (Å²) in [5.74, 6) is 0.154. The average Bonchev–Trinajstić information content (AvgIpc) is 2.51. The number of azo groups is 1. The van der Waals surface area contributed by atoms with Gasteiger partial charge in [0.05, 0.1) is 6.54 Å². The normalized spacial score (nSPS) is 11.3. The third-order valence-electron chi connectivity index (χ3n) is 3.42. The molecular weight excluding hydrogens is 260 g/mol. The van der Waals surface area contributed by atoms with Gasteiger partial charge in [-0.3, -0.25) is 0 Å². The maximum atomic E-state index is 9.99. The third-order valence-corrected chi connectivity index (χ3v) is 3.42. The first-order valence-electron chi connectivity index (χ1n) is 6.88. The summed E-state index contributed by atoms with van der Waals surface area (Å²) in [6.45, 7) is 2.56. The van der Waals surface area contributed by atoms with Crippen molar-refractivity contribution in [2.24, 2.45) is 10.2 Å². The van der Waals surface area contributed by atoms with Gasteiger partial charge in [-0.05, 0) is 23.9 Å². The largest absolute Gasteiger partial charge is 0.506 e. The number of fused-ring (bicyclic) bond motifs is 1. The lowest BCUT2D eigenvalue weighted by atomic mass is 10.1. The average molecular weight is 276 g/mol. The van der Waals surface area contributed by atoms with E-state index in [1.54, 1.807) is 6.07 Å². The third kappa shape index (κ3) is 2.92. The first kappa shape index (κ1) is 13.3. The highest BCUT2D eigenvalue weighted by Crippen LogP contribution is 2.35. The highest BCUT2D eigenvalue weighted by Gasteiger charge is 2.05. The van der Waals surface area contributed by atoms with Crippen LogP contribution in [0.2, 0.25) is 0 Å². The Labute approximate surface area is 123 Å². The van der Waals surface area contributed by atoms with Crippen molar-refractivity contribution in [3.05, 3.63) is 71.8 Å². The number of phenols is 1. The van der Waals surface area contributed by atoms with Crippen LogP contribution < -0.4 is 0 Å². The molecule has 0 heterocycles. The fourth-order valence-corrected chi connectivity index (χ4v) is 2.23. The minimum absolute atomic E-state index is 0.154. The van der Waals surface area contributed by atoms with E-state index >= 15 is 0 Å². The highest BCUT2D eigenvalue weighted by atomic mass is 16.3. The molecule has 0 bridgehead atoms. The van der Waals surface area contributed by atoms with E-state index in [0.717, 1.165) is 16.3 Å². The molecule has 0 saturated heterocycles. The van der Waals surface area contributed by atoms with Crippen molar-refractivity contribution in [1.29, 1.82) is 0 Å². The van der Waals surface area contributed by atoms with Gasteiger partial charge in [0.2, 0.25) is 0 Å². The number of aromatic hydroxyl groups is 1. The molecule has 104 valence electrons. The maximum Gasteiger partial charge on any atom is 0.143 e. The molecule has 0 radical (unpaired) electrons. The molecule has 0 amide bonds. The van der Waals surface area contributed by atoms with Crippen LogP contribution in [0.4, 0.5) is 5.69 Å². The number of benzene rings is 3. The molecular formula is C18H16N2O. The first-order valence-corrected chi connectivity index (χ1v) is 6.88. The SMILES string of the molecule is Cc1ccc(CN=Nc2c(O)ccc3ccccc23)cc1. The lowest BCUT2D eigenvalue weighted by Gasteiger charge is -2.03. The van der Waals surface area contributed by atoms with Crippen LogP contribution >= 0.6 is 0 Å². The van der Waals surface area contributed by atoms with Crippen molar-refractivity contribution >= 4 is 16.5 Å². The number of aryl methyl sites for hydroxylation is 1. The fraction of sp³-hybridized carbons (Fsp3) is 0.111. The van der Waals surface area contributed by atoms with E-state index in [4.69, 9.17) is 0 Å². The lowest BCUT2D eigenvalue weighted by Crippen LogP contribution is -1.81. The monoisotopic (exact) mass is 276 g/mol. The Morgan fingerprint density at radius 3 is 2.48 bits per heavy atom. The van der Waals surface area contributed by atoms with E-state index in [-0.39, 0.29) is 5.75 Å². The molecule has 0 fully saturated rings. The molecule has 0 aliphatic carbocycles. The summed E-state index contributed by atoms with van der Waals surface area (Å²) in [5, 5.41) is 20.4. The van der Waals surface area contributed by atoms with Gasteiger partial charge < -0.3 is 5.11 Å². The second-order valence-electron chi connectivity index (χ2n) is 5.04. The molecule has 0 saturated carbocycles. The molecule has 3 nitrogen and oxygen atoms in total. The molecule has 0 aliphatic rings. The summed E-state index contributed by atoms with van der Waals surface area (Å²) < 4.78 is 0. The smallest absolute Gasteiger partial charge is 0.143 e. The van der Waals surface area contributed by atoms with Crippen LogP contribution in [0.15, 0.2) is 70.9 Å². The zero-order valence-electron chi connectivity index (χ0n) is 11.8. The molecule has 0 atom stereocenters. The Morgan fingerprint density at radius 1 is 0.905 bits per heavy atom. The van der Waals surface area contributed by atoms with Gasteiger partial charge in [0, 0.05) is 5.39 Å². The van der Waals surface area contributed by atoms with Gasteiger partial charge in [-0.2, -0.15) is 10.2 Å². The second-order valence-corrected chi connectivity index (χ2v) is 5.04. The molecule has 3 aromatic rings. The molecule has 3 rings (SSSR count). The van der Waals surface area contributed by atoms with Gasteiger partial charge in [-0.15, -0.1) is 0 Å². The molecule has 3 aromatic carbocycles. The highest BCUT2D eigenvalue weighted by molar-refractivity contribution is 5.95. The Bertz CT molecular complexity index is 792. The summed E-state index contributed by atoms with van der Waals surface area (Å²) >= 11 is 0. The van der Waals surface area contributed by atoms with Crippen LogP contribution in [-0.2, 0) is 6.54 Å². The molecule has 21 heavy (non-hydrogen) atoms. The van der Waals surface area contributed by atoms with E-state index in [1.165, 1.54) is 5.56 Å². The second kappa shape index (κ2) is 5.75. The lowest BCUT2D eigenvalue weighted by molar-refractivity contribution is 0.477. The van der Waals surface area contributed by atoms with Crippen LogP contribution in [0.3, 0.4) is 0 Å².